The van der Waals surface area contributed by atoms with Gasteiger partial charge in [-0.3, -0.25) is 19.4 Å². The number of aryl methyl sites for hydroxylation is 1. The molecule has 4 heterocycles. The molecule has 2 aliphatic heterocycles. The Kier molecular flexibility index (Phi) is 4.97. The number of nitrogens with zero attached hydrogens (tertiary/aromatic N) is 5. The van der Waals surface area contributed by atoms with Crippen molar-refractivity contribution in [2.24, 2.45) is 7.05 Å². The topological polar surface area (TPSA) is 63.5 Å². The zero-order valence-corrected chi connectivity index (χ0v) is 16.3. The van der Waals surface area contributed by atoms with Gasteiger partial charge in [0.05, 0.1) is 23.6 Å². The lowest BCUT2D eigenvalue weighted by molar-refractivity contribution is -0.00908. The van der Waals surface area contributed by atoms with Gasteiger partial charge >= 0.3 is 0 Å². The predicted molar refractivity (Wildman–Crippen MR) is 101 cm³/mol. The Morgan fingerprint density at radius 1 is 1.22 bits per heavy atom. The molecule has 0 unspecified atom stereocenters. The van der Waals surface area contributed by atoms with E-state index in [1.807, 2.05) is 47.9 Å². The first-order valence-corrected chi connectivity index (χ1v) is 9.65. The molecule has 7 nitrogen and oxygen atoms in total. The second-order valence-electron chi connectivity index (χ2n) is 7.52. The summed E-state index contributed by atoms with van der Waals surface area (Å²) in [4.78, 5) is 21.8. The molecule has 1 amide bonds. The lowest BCUT2D eigenvalue weighted by atomic mass is 9.99. The highest BCUT2D eigenvalue weighted by Crippen LogP contribution is 2.32. The first-order chi connectivity index (χ1) is 13.0. The minimum absolute atomic E-state index is 0.0296. The fourth-order valence-corrected chi connectivity index (χ4v) is 4.19. The third kappa shape index (κ3) is 3.61. The number of ether oxygens (including phenoxy) is 1. The molecular weight excluding hydrogens is 342 g/mol. The average molecular weight is 369 g/mol. The number of carbonyl (C=O) groups is 1. The molecule has 0 radical (unpaired) electrons. The van der Waals surface area contributed by atoms with Crippen molar-refractivity contribution in [3.63, 3.8) is 0 Å². The fourth-order valence-electron chi connectivity index (χ4n) is 4.19. The number of carbonyl (C=O) groups excluding carboxylic acids is 1. The maximum Gasteiger partial charge on any atom is 0.274 e. The SMILES string of the molecule is C[C@@H]1Cc2c(C(=O)N3CCN(Cc4ccccn4)CC3)nn(C)c2[C@H](C)O1. The molecule has 2 aliphatic rings. The second-order valence-corrected chi connectivity index (χ2v) is 7.52. The third-order valence-corrected chi connectivity index (χ3v) is 5.48. The van der Waals surface area contributed by atoms with E-state index in [-0.39, 0.29) is 18.1 Å². The molecular formula is C20H27N5O2. The van der Waals surface area contributed by atoms with E-state index >= 15 is 0 Å². The first kappa shape index (κ1) is 18.1. The standard InChI is InChI=1S/C20H27N5O2/c1-14-12-17-18(22-23(3)19(17)15(2)27-14)20(26)25-10-8-24(9-11-25)13-16-6-4-5-7-21-16/h4-7,14-15H,8-13H2,1-3H3/t14-,15+/m1/s1. The molecule has 0 aliphatic carbocycles. The maximum atomic E-state index is 13.1. The zero-order chi connectivity index (χ0) is 19.0. The fraction of sp³-hybridized carbons (Fsp3) is 0.550. The van der Waals surface area contributed by atoms with Crippen LogP contribution in [0, 0.1) is 0 Å². The van der Waals surface area contributed by atoms with E-state index in [9.17, 15) is 4.79 Å². The van der Waals surface area contributed by atoms with Crippen LogP contribution in [-0.2, 0) is 24.8 Å². The van der Waals surface area contributed by atoms with Crippen molar-refractivity contribution in [3.05, 3.63) is 47.0 Å². The maximum absolute atomic E-state index is 13.1. The smallest absolute Gasteiger partial charge is 0.274 e. The minimum atomic E-state index is -0.0296. The molecule has 1 saturated heterocycles. The quantitative estimate of drug-likeness (QED) is 0.825. The summed E-state index contributed by atoms with van der Waals surface area (Å²) in [6, 6.07) is 5.99. The van der Waals surface area contributed by atoms with E-state index in [2.05, 4.69) is 21.9 Å². The average Bonchev–Trinajstić information content (AvgIpc) is 2.99. The molecule has 2 aromatic rings. The van der Waals surface area contributed by atoms with Gasteiger partial charge in [-0.25, -0.2) is 0 Å². The molecule has 0 N–H and O–H groups in total. The number of pyridine rings is 1. The van der Waals surface area contributed by atoms with Crippen molar-refractivity contribution >= 4 is 5.91 Å². The Bertz CT molecular complexity index is 811. The number of hydrogen-bond donors (Lipinski definition) is 0. The van der Waals surface area contributed by atoms with Crippen LogP contribution in [-0.4, -0.2) is 62.8 Å². The Morgan fingerprint density at radius 2 is 2.00 bits per heavy atom. The van der Waals surface area contributed by atoms with Gasteiger partial charge in [-0.1, -0.05) is 6.07 Å². The van der Waals surface area contributed by atoms with Gasteiger partial charge in [-0.05, 0) is 26.0 Å². The largest absolute Gasteiger partial charge is 0.369 e. The molecule has 0 spiro atoms. The molecule has 4 rings (SSSR count). The molecule has 0 bridgehead atoms. The number of aromatic nitrogens is 3. The number of hydrogen-bond acceptors (Lipinski definition) is 5. The van der Waals surface area contributed by atoms with Gasteiger partial charge in [0, 0.05) is 58.0 Å². The van der Waals surface area contributed by atoms with Crippen LogP contribution >= 0.6 is 0 Å². The van der Waals surface area contributed by atoms with Crippen molar-refractivity contribution in [1.29, 1.82) is 0 Å². The molecule has 0 aromatic carbocycles. The molecule has 27 heavy (non-hydrogen) atoms. The summed E-state index contributed by atoms with van der Waals surface area (Å²) in [6.45, 7) is 8.06. The number of amides is 1. The minimum Gasteiger partial charge on any atom is -0.369 e. The Labute approximate surface area is 159 Å². The molecule has 1 fully saturated rings. The van der Waals surface area contributed by atoms with Gasteiger partial charge in [0.1, 0.15) is 0 Å². The molecule has 2 aromatic heterocycles. The summed E-state index contributed by atoms with van der Waals surface area (Å²) in [6.07, 6.45) is 2.65. The zero-order valence-electron chi connectivity index (χ0n) is 16.3. The van der Waals surface area contributed by atoms with Crippen LogP contribution in [0.15, 0.2) is 24.4 Å². The Hall–Kier alpha value is -2.25. The summed E-state index contributed by atoms with van der Waals surface area (Å²) >= 11 is 0. The van der Waals surface area contributed by atoms with Gasteiger partial charge in [-0.2, -0.15) is 5.10 Å². The van der Waals surface area contributed by atoms with Crippen molar-refractivity contribution in [2.45, 2.75) is 39.0 Å². The normalized spacial score (nSPS) is 23.3. The van der Waals surface area contributed by atoms with Crippen LogP contribution in [0.5, 0.6) is 0 Å². The van der Waals surface area contributed by atoms with Crippen LogP contribution in [0.3, 0.4) is 0 Å². The second kappa shape index (κ2) is 7.40. The number of piperazine rings is 1. The van der Waals surface area contributed by atoms with Gasteiger partial charge in [0.2, 0.25) is 0 Å². The van der Waals surface area contributed by atoms with Gasteiger partial charge in [-0.15, -0.1) is 0 Å². The highest BCUT2D eigenvalue weighted by atomic mass is 16.5. The summed E-state index contributed by atoms with van der Waals surface area (Å²) in [7, 11) is 1.90. The highest BCUT2D eigenvalue weighted by Gasteiger charge is 2.33. The summed E-state index contributed by atoms with van der Waals surface area (Å²) < 4.78 is 7.72. The number of fused-ring (bicyclic) bond motifs is 1. The van der Waals surface area contributed by atoms with Crippen LogP contribution in [0.2, 0.25) is 0 Å². The highest BCUT2D eigenvalue weighted by molar-refractivity contribution is 5.94. The van der Waals surface area contributed by atoms with Crippen molar-refractivity contribution in [3.8, 4) is 0 Å². The van der Waals surface area contributed by atoms with Crippen LogP contribution in [0.1, 0.15) is 47.4 Å². The first-order valence-electron chi connectivity index (χ1n) is 9.65. The third-order valence-electron chi connectivity index (χ3n) is 5.48. The van der Waals surface area contributed by atoms with Gasteiger partial charge in [0.15, 0.2) is 5.69 Å². The van der Waals surface area contributed by atoms with Gasteiger partial charge in [0.25, 0.3) is 5.91 Å². The lowest BCUT2D eigenvalue weighted by Crippen LogP contribution is -2.48. The van der Waals surface area contributed by atoms with Crippen LogP contribution < -0.4 is 0 Å². The Balaban J connectivity index is 1.44. The van der Waals surface area contributed by atoms with Crippen molar-refractivity contribution < 1.29 is 9.53 Å². The molecule has 2 atom stereocenters. The monoisotopic (exact) mass is 369 g/mol. The van der Waals surface area contributed by atoms with Crippen molar-refractivity contribution in [1.82, 2.24) is 24.6 Å². The van der Waals surface area contributed by atoms with E-state index in [0.29, 0.717) is 5.69 Å². The van der Waals surface area contributed by atoms with Crippen LogP contribution in [0.4, 0.5) is 0 Å². The van der Waals surface area contributed by atoms with E-state index < -0.39 is 0 Å². The summed E-state index contributed by atoms with van der Waals surface area (Å²) in [5.41, 5.74) is 3.77. The van der Waals surface area contributed by atoms with E-state index in [1.165, 1.54) is 0 Å². The predicted octanol–water partition coefficient (Wildman–Crippen LogP) is 1.80. The van der Waals surface area contributed by atoms with E-state index in [0.717, 1.165) is 56.1 Å². The van der Waals surface area contributed by atoms with E-state index in [1.54, 1.807) is 0 Å². The molecule has 0 saturated carbocycles. The molecule has 7 heteroatoms. The molecule has 144 valence electrons. The van der Waals surface area contributed by atoms with Crippen molar-refractivity contribution in [2.75, 3.05) is 26.2 Å². The Morgan fingerprint density at radius 3 is 2.70 bits per heavy atom. The lowest BCUT2D eigenvalue weighted by Gasteiger charge is -2.34. The summed E-state index contributed by atoms with van der Waals surface area (Å²) in [5, 5.41) is 4.56. The number of rotatable bonds is 3. The van der Waals surface area contributed by atoms with E-state index in [4.69, 9.17) is 4.74 Å². The summed E-state index contributed by atoms with van der Waals surface area (Å²) in [5.74, 6) is 0.0469. The van der Waals surface area contributed by atoms with Gasteiger partial charge < -0.3 is 9.64 Å². The van der Waals surface area contributed by atoms with Crippen LogP contribution in [0.25, 0.3) is 0 Å².